The van der Waals surface area contributed by atoms with Gasteiger partial charge >= 0.3 is 0 Å². The number of nitrogens with one attached hydrogen (secondary N) is 3. The van der Waals surface area contributed by atoms with Crippen molar-refractivity contribution in [2.45, 2.75) is 94.2 Å². The summed E-state index contributed by atoms with van der Waals surface area (Å²) < 4.78 is 18.3. The number of phenolic OH excluding ortho intramolecular Hbond substituents is 1. The molecule has 0 aromatic heterocycles. The van der Waals surface area contributed by atoms with Gasteiger partial charge < -0.3 is 46.2 Å². The Hall–Kier alpha value is -2.35. The van der Waals surface area contributed by atoms with Crippen LogP contribution in [0.25, 0.3) is 0 Å². The van der Waals surface area contributed by atoms with Gasteiger partial charge in [0.15, 0.2) is 0 Å². The summed E-state index contributed by atoms with van der Waals surface area (Å²) in [7, 11) is 0. The molecule has 0 bridgehead atoms. The average Bonchev–Trinajstić information content (AvgIpc) is 3.16. The van der Waals surface area contributed by atoms with Crippen molar-refractivity contribution in [1.29, 1.82) is 0 Å². The van der Waals surface area contributed by atoms with Crippen molar-refractivity contribution >= 4 is 11.8 Å². The lowest BCUT2D eigenvalue weighted by Crippen LogP contribution is -2.67. The van der Waals surface area contributed by atoms with E-state index in [0.29, 0.717) is 25.3 Å². The van der Waals surface area contributed by atoms with Crippen LogP contribution in [0.3, 0.4) is 0 Å². The third-order valence-corrected chi connectivity index (χ3v) is 7.66. The van der Waals surface area contributed by atoms with Crippen molar-refractivity contribution in [2.75, 3.05) is 19.8 Å². The number of unbranched alkanes of at least 4 members (excludes halogenated alkanes) is 1. The number of hydrogen-bond acceptors (Lipinski definition) is 9. The topological polar surface area (TPSA) is 181 Å². The van der Waals surface area contributed by atoms with E-state index in [9.17, 15) is 39.5 Å². The fourth-order valence-electron chi connectivity index (χ4n) is 5.29. The predicted octanol–water partition coefficient (Wildman–Crippen LogP) is -0.264. The number of phenols is 1. The van der Waals surface area contributed by atoms with Gasteiger partial charge in [0.25, 0.3) is 5.91 Å². The Balaban J connectivity index is 1.63. The number of ether oxygens (including phenoxy) is 1. The van der Waals surface area contributed by atoms with Gasteiger partial charge in [0.05, 0.1) is 30.4 Å². The number of para-hydroxylation sites is 1. The van der Waals surface area contributed by atoms with Crippen LogP contribution in [0, 0.1) is 5.92 Å². The second-order valence-electron chi connectivity index (χ2n) is 10.5. The van der Waals surface area contributed by atoms with E-state index in [4.69, 9.17) is 4.74 Å². The Morgan fingerprint density at radius 3 is 2.54 bits per heavy atom. The van der Waals surface area contributed by atoms with Crippen LogP contribution in [-0.4, -0.2) is 106 Å². The standard InChI is InChI=1S/C27H42FN3O8/c1-15(32)21(31-27(38)18-10-9-16(11-13-29-18)6-4-5-12-28)25-24(36)23(35)22(34)20(39-25)14-30-26(37)17-7-2-3-8-19(17)33/h2-3,7-8,15-16,18,20-25,29,32-36H,4-6,9-14H2,1H3,(H,30,37)(H,31,38)/t15-,16+,18+,20?,21-,22+,23?,24?,25-/m1/s1. The van der Waals surface area contributed by atoms with E-state index in [2.05, 4.69) is 16.0 Å². The summed E-state index contributed by atoms with van der Waals surface area (Å²) in [5, 5.41) is 60.5. The molecule has 9 atom stereocenters. The number of amides is 2. The first-order valence-corrected chi connectivity index (χ1v) is 13.7. The number of aliphatic hydroxyl groups is 4. The average molecular weight is 556 g/mol. The molecule has 1 aromatic rings. The fraction of sp³-hybridized carbons (Fsp3) is 0.704. The van der Waals surface area contributed by atoms with Crippen LogP contribution in [0.1, 0.15) is 55.8 Å². The van der Waals surface area contributed by atoms with Crippen LogP contribution in [-0.2, 0) is 9.53 Å². The maximum absolute atomic E-state index is 13.1. The molecule has 2 fully saturated rings. The molecule has 12 heteroatoms. The Kier molecular flexibility index (Phi) is 11.9. The first kappa shape index (κ1) is 31.2. The first-order valence-electron chi connectivity index (χ1n) is 13.7. The number of halogens is 1. The molecule has 11 nitrogen and oxygen atoms in total. The molecule has 2 aliphatic heterocycles. The normalized spacial score (nSPS) is 31.1. The molecule has 8 N–H and O–H groups in total. The molecule has 3 rings (SSSR count). The minimum Gasteiger partial charge on any atom is -0.507 e. The summed E-state index contributed by atoms with van der Waals surface area (Å²) in [5.74, 6) is -0.873. The summed E-state index contributed by atoms with van der Waals surface area (Å²) in [6, 6.07) is 4.23. The Labute approximate surface area is 227 Å². The highest BCUT2D eigenvalue weighted by atomic mass is 19.1. The number of rotatable bonds is 11. The maximum atomic E-state index is 13.1. The Morgan fingerprint density at radius 2 is 1.85 bits per heavy atom. The van der Waals surface area contributed by atoms with Gasteiger partial charge in [-0.2, -0.15) is 0 Å². The molecule has 2 saturated heterocycles. The molecule has 1 aromatic carbocycles. The lowest BCUT2D eigenvalue weighted by Gasteiger charge is -2.44. The van der Waals surface area contributed by atoms with Gasteiger partial charge in [-0.05, 0) is 57.2 Å². The van der Waals surface area contributed by atoms with Crippen LogP contribution >= 0.6 is 0 Å². The van der Waals surface area contributed by atoms with Crippen LogP contribution in [0.4, 0.5) is 4.39 Å². The Bertz CT molecular complexity index is 938. The second-order valence-corrected chi connectivity index (χ2v) is 10.5. The molecular weight excluding hydrogens is 513 g/mol. The van der Waals surface area contributed by atoms with Gasteiger partial charge in [0.2, 0.25) is 5.91 Å². The number of carbonyl (C=O) groups excluding carboxylic acids is 2. The predicted molar refractivity (Wildman–Crippen MR) is 140 cm³/mol. The van der Waals surface area contributed by atoms with E-state index < -0.39 is 60.5 Å². The van der Waals surface area contributed by atoms with E-state index >= 15 is 0 Å². The number of aromatic hydroxyl groups is 1. The van der Waals surface area contributed by atoms with Crippen LogP contribution in [0.2, 0.25) is 0 Å². The molecule has 0 saturated carbocycles. The van der Waals surface area contributed by atoms with E-state index in [1.165, 1.54) is 19.1 Å². The first-order chi connectivity index (χ1) is 18.6. The van der Waals surface area contributed by atoms with Crippen LogP contribution < -0.4 is 16.0 Å². The number of aliphatic hydroxyl groups excluding tert-OH is 4. The summed E-state index contributed by atoms with van der Waals surface area (Å²) in [5.41, 5.74) is 0.00889. The third kappa shape index (κ3) is 8.32. The number of hydrogen-bond donors (Lipinski definition) is 8. The zero-order valence-electron chi connectivity index (χ0n) is 22.2. The quantitative estimate of drug-likeness (QED) is 0.171. The highest BCUT2D eigenvalue weighted by Gasteiger charge is 2.48. The molecule has 220 valence electrons. The van der Waals surface area contributed by atoms with E-state index in [-0.39, 0.29) is 24.5 Å². The Morgan fingerprint density at radius 1 is 1.10 bits per heavy atom. The van der Waals surface area contributed by atoms with Crippen molar-refractivity contribution < 1.29 is 44.2 Å². The molecule has 39 heavy (non-hydrogen) atoms. The van der Waals surface area contributed by atoms with E-state index in [1.54, 1.807) is 12.1 Å². The number of alkyl halides is 1. The molecule has 3 unspecified atom stereocenters. The third-order valence-electron chi connectivity index (χ3n) is 7.66. The molecule has 2 amide bonds. The molecule has 0 spiro atoms. The summed E-state index contributed by atoms with van der Waals surface area (Å²) >= 11 is 0. The lowest BCUT2D eigenvalue weighted by atomic mass is 9.89. The molecule has 0 aliphatic carbocycles. The lowest BCUT2D eigenvalue weighted by molar-refractivity contribution is -0.231. The zero-order chi connectivity index (χ0) is 28.5. The molecular formula is C27H42FN3O8. The minimum absolute atomic E-state index is 0.00889. The zero-order valence-corrected chi connectivity index (χ0v) is 22.2. The SMILES string of the molecule is C[C@@H](O)[C@@H](NC(=O)[C@@H]1CC[C@H](CCCCF)CCN1)[C@H]1OC(CNC(=O)c2ccccc2O)[C@H](O)C(O)C1O. The maximum Gasteiger partial charge on any atom is 0.255 e. The minimum atomic E-state index is -1.67. The highest BCUT2D eigenvalue weighted by Crippen LogP contribution is 2.26. The molecule has 2 aliphatic rings. The largest absolute Gasteiger partial charge is 0.507 e. The van der Waals surface area contributed by atoms with Gasteiger partial charge in [-0.1, -0.05) is 25.0 Å². The second kappa shape index (κ2) is 14.9. The van der Waals surface area contributed by atoms with Gasteiger partial charge in [-0.25, -0.2) is 0 Å². The van der Waals surface area contributed by atoms with Crippen LogP contribution in [0.15, 0.2) is 24.3 Å². The monoisotopic (exact) mass is 555 g/mol. The van der Waals surface area contributed by atoms with Crippen molar-refractivity contribution in [1.82, 2.24) is 16.0 Å². The van der Waals surface area contributed by atoms with Gasteiger partial charge in [0, 0.05) is 6.54 Å². The molecule has 2 heterocycles. The highest BCUT2D eigenvalue weighted by molar-refractivity contribution is 5.96. The van der Waals surface area contributed by atoms with Gasteiger partial charge in [-0.15, -0.1) is 0 Å². The van der Waals surface area contributed by atoms with Crippen molar-refractivity contribution in [2.24, 2.45) is 5.92 Å². The van der Waals surface area contributed by atoms with E-state index in [0.717, 1.165) is 25.7 Å². The smallest absolute Gasteiger partial charge is 0.255 e. The summed E-state index contributed by atoms with van der Waals surface area (Å²) in [4.78, 5) is 25.6. The van der Waals surface area contributed by atoms with Crippen molar-refractivity contribution in [3.8, 4) is 5.75 Å². The van der Waals surface area contributed by atoms with E-state index in [1.807, 2.05) is 0 Å². The van der Waals surface area contributed by atoms with Crippen LogP contribution in [0.5, 0.6) is 5.75 Å². The van der Waals surface area contributed by atoms with Gasteiger partial charge in [-0.3, -0.25) is 14.0 Å². The summed E-state index contributed by atoms with van der Waals surface area (Å²) in [6.07, 6.45) is -4.06. The van der Waals surface area contributed by atoms with Crippen molar-refractivity contribution in [3.63, 3.8) is 0 Å². The van der Waals surface area contributed by atoms with Crippen molar-refractivity contribution in [3.05, 3.63) is 29.8 Å². The fourth-order valence-corrected chi connectivity index (χ4v) is 5.29. The summed E-state index contributed by atoms with van der Waals surface area (Å²) in [6.45, 7) is 1.42. The van der Waals surface area contributed by atoms with Gasteiger partial charge in [0.1, 0.15) is 36.3 Å². The number of benzene rings is 1. The molecule has 0 radical (unpaired) electrons. The number of carbonyl (C=O) groups is 2.